The maximum absolute atomic E-state index is 12.1. The summed E-state index contributed by atoms with van der Waals surface area (Å²) in [4.78, 5) is 29.7. The molecule has 0 saturated carbocycles. The maximum Gasteiger partial charge on any atom is 0.285 e. The number of carbonyl (C=O) groups is 2. The van der Waals surface area contributed by atoms with Crippen molar-refractivity contribution in [3.8, 4) is 0 Å². The number of rotatable bonds is 7. The van der Waals surface area contributed by atoms with Gasteiger partial charge < -0.3 is 0 Å². The molecule has 2 amide bonds. The number of hydrogen-bond donors (Lipinski definition) is 0. The van der Waals surface area contributed by atoms with Crippen LogP contribution < -0.4 is 0 Å². The molecule has 4 heteroatoms. The van der Waals surface area contributed by atoms with Gasteiger partial charge in [-0.3, -0.25) is 14.4 Å². The smallest absolute Gasteiger partial charge is 0.266 e. The summed E-state index contributed by atoms with van der Waals surface area (Å²) in [6.45, 7) is 4.68. The van der Waals surface area contributed by atoms with Crippen LogP contribution in [0.3, 0.4) is 0 Å². The minimum atomic E-state index is -0.350. The summed E-state index contributed by atoms with van der Waals surface area (Å²) in [5.41, 5.74) is 0.861. The molecule has 1 heterocycles. The van der Waals surface area contributed by atoms with E-state index >= 15 is 0 Å². The predicted octanol–water partition coefficient (Wildman–Crippen LogP) is 3.43. The van der Waals surface area contributed by atoms with E-state index in [2.05, 4.69) is 13.8 Å². The van der Waals surface area contributed by atoms with E-state index in [-0.39, 0.29) is 11.8 Å². The average Bonchev–Trinajstić information content (AvgIpc) is 2.70. The predicted molar refractivity (Wildman–Crippen MR) is 76.2 cm³/mol. The first-order valence-electron chi connectivity index (χ1n) is 7.29. The van der Waals surface area contributed by atoms with Gasteiger partial charge in [0.25, 0.3) is 11.8 Å². The van der Waals surface area contributed by atoms with Gasteiger partial charge in [0.1, 0.15) is 0 Å². The van der Waals surface area contributed by atoms with Crippen molar-refractivity contribution in [2.45, 2.75) is 39.5 Å². The molecule has 0 spiro atoms. The highest BCUT2D eigenvalue weighted by Crippen LogP contribution is 2.24. The second kappa shape index (κ2) is 6.66. The largest absolute Gasteiger partial charge is 0.285 e. The standard InChI is InChI=1S/C16H21NO3/c1-3-7-12(8-4-2)11-20-17-15(18)13-9-5-6-10-14(13)16(17)19/h5-6,9-10,12H,3-4,7-8,11H2,1-2H3. The Bertz CT molecular complexity index is 457. The fraction of sp³-hybridized carbons (Fsp3) is 0.500. The number of nitrogens with zero attached hydrogens (tertiary/aromatic N) is 1. The molecule has 1 aromatic carbocycles. The Morgan fingerprint density at radius 1 is 1.00 bits per heavy atom. The van der Waals surface area contributed by atoms with Gasteiger partial charge in [0.2, 0.25) is 0 Å². The topological polar surface area (TPSA) is 46.6 Å². The van der Waals surface area contributed by atoms with Gasteiger partial charge in [0.15, 0.2) is 0 Å². The van der Waals surface area contributed by atoms with Crippen LogP contribution in [0.2, 0.25) is 0 Å². The molecular formula is C16H21NO3. The van der Waals surface area contributed by atoms with E-state index in [4.69, 9.17) is 4.84 Å². The van der Waals surface area contributed by atoms with E-state index in [9.17, 15) is 9.59 Å². The SMILES string of the molecule is CCCC(CCC)CON1C(=O)c2ccccc2C1=O. The summed E-state index contributed by atoms with van der Waals surface area (Å²) in [6.07, 6.45) is 4.26. The van der Waals surface area contributed by atoms with Gasteiger partial charge in [0.05, 0.1) is 17.7 Å². The molecule has 1 aliphatic heterocycles. The van der Waals surface area contributed by atoms with Crippen LogP contribution in [0, 0.1) is 5.92 Å². The molecular weight excluding hydrogens is 254 g/mol. The summed E-state index contributed by atoms with van der Waals surface area (Å²) < 4.78 is 0. The van der Waals surface area contributed by atoms with Gasteiger partial charge in [0, 0.05) is 0 Å². The van der Waals surface area contributed by atoms with Gasteiger partial charge in [-0.2, -0.15) is 0 Å². The van der Waals surface area contributed by atoms with Gasteiger partial charge in [-0.25, -0.2) is 0 Å². The molecule has 20 heavy (non-hydrogen) atoms. The van der Waals surface area contributed by atoms with Crippen molar-refractivity contribution in [2.75, 3.05) is 6.61 Å². The fourth-order valence-corrected chi connectivity index (χ4v) is 2.59. The van der Waals surface area contributed by atoms with Crippen molar-refractivity contribution < 1.29 is 14.4 Å². The molecule has 0 bridgehead atoms. The molecule has 0 atom stereocenters. The third-order valence-corrected chi connectivity index (χ3v) is 3.59. The highest BCUT2D eigenvalue weighted by Gasteiger charge is 2.36. The first-order valence-corrected chi connectivity index (χ1v) is 7.29. The molecule has 4 nitrogen and oxygen atoms in total. The van der Waals surface area contributed by atoms with Crippen LogP contribution in [0.25, 0.3) is 0 Å². The van der Waals surface area contributed by atoms with Crippen LogP contribution in [-0.2, 0) is 4.84 Å². The molecule has 1 aliphatic rings. The number of hydrogen-bond acceptors (Lipinski definition) is 3. The monoisotopic (exact) mass is 275 g/mol. The summed E-state index contributed by atoms with van der Waals surface area (Å²) in [6, 6.07) is 6.83. The zero-order chi connectivity index (χ0) is 14.5. The van der Waals surface area contributed by atoms with E-state index in [1.54, 1.807) is 24.3 Å². The Labute approximate surface area is 119 Å². The van der Waals surface area contributed by atoms with Crippen LogP contribution >= 0.6 is 0 Å². The lowest BCUT2D eigenvalue weighted by Crippen LogP contribution is -2.32. The number of imide groups is 1. The summed E-state index contributed by atoms with van der Waals surface area (Å²) in [7, 11) is 0. The van der Waals surface area contributed by atoms with Gasteiger partial charge in [-0.15, -0.1) is 5.06 Å². The van der Waals surface area contributed by atoms with Crippen molar-refractivity contribution in [3.63, 3.8) is 0 Å². The summed E-state index contributed by atoms with van der Waals surface area (Å²) >= 11 is 0. The van der Waals surface area contributed by atoms with Crippen molar-refractivity contribution in [2.24, 2.45) is 5.92 Å². The van der Waals surface area contributed by atoms with Crippen molar-refractivity contribution >= 4 is 11.8 Å². The second-order valence-electron chi connectivity index (χ2n) is 5.19. The van der Waals surface area contributed by atoms with E-state index in [1.807, 2.05) is 0 Å². The number of hydroxylamine groups is 2. The lowest BCUT2D eigenvalue weighted by atomic mass is 10.00. The lowest BCUT2D eigenvalue weighted by Gasteiger charge is -2.19. The number of amides is 2. The van der Waals surface area contributed by atoms with Crippen LogP contribution in [0.4, 0.5) is 0 Å². The Balaban J connectivity index is 2.01. The number of fused-ring (bicyclic) bond motifs is 1. The van der Waals surface area contributed by atoms with Gasteiger partial charge in [-0.05, 0) is 30.9 Å². The number of carbonyl (C=O) groups excluding carboxylic acids is 2. The highest BCUT2D eigenvalue weighted by molar-refractivity contribution is 6.20. The van der Waals surface area contributed by atoms with Crippen molar-refractivity contribution in [1.29, 1.82) is 0 Å². The first-order chi connectivity index (χ1) is 9.69. The highest BCUT2D eigenvalue weighted by atomic mass is 16.7. The third-order valence-electron chi connectivity index (χ3n) is 3.59. The lowest BCUT2D eigenvalue weighted by molar-refractivity contribution is -0.104. The Kier molecular flexibility index (Phi) is 4.90. The molecule has 0 aliphatic carbocycles. The first kappa shape index (κ1) is 14.7. The van der Waals surface area contributed by atoms with Crippen molar-refractivity contribution in [3.05, 3.63) is 35.4 Å². The van der Waals surface area contributed by atoms with E-state index in [1.165, 1.54) is 0 Å². The Hall–Kier alpha value is -1.68. The quantitative estimate of drug-likeness (QED) is 0.716. The molecule has 0 N–H and O–H groups in total. The van der Waals surface area contributed by atoms with E-state index < -0.39 is 0 Å². The molecule has 0 radical (unpaired) electrons. The minimum Gasteiger partial charge on any atom is -0.266 e. The molecule has 0 saturated heterocycles. The summed E-state index contributed by atoms with van der Waals surface area (Å²) in [5.74, 6) is -0.302. The van der Waals surface area contributed by atoms with Gasteiger partial charge in [-0.1, -0.05) is 38.8 Å². The van der Waals surface area contributed by atoms with Crippen LogP contribution in [0.1, 0.15) is 60.2 Å². The molecule has 108 valence electrons. The molecule has 1 aromatic rings. The van der Waals surface area contributed by atoms with Crippen LogP contribution in [0.15, 0.2) is 24.3 Å². The number of benzene rings is 1. The normalized spacial score (nSPS) is 14.2. The van der Waals surface area contributed by atoms with Crippen LogP contribution in [-0.4, -0.2) is 23.5 Å². The second-order valence-corrected chi connectivity index (χ2v) is 5.19. The van der Waals surface area contributed by atoms with E-state index in [0.717, 1.165) is 30.7 Å². The summed E-state index contributed by atoms with van der Waals surface area (Å²) in [5, 5.41) is 0.920. The minimum absolute atomic E-state index is 0.350. The Morgan fingerprint density at radius 3 is 1.95 bits per heavy atom. The molecule has 0 fully saturated rings. The third kappa shape index (κ3) is 2.90. The molecule has 0 unspecified atom stereocenters. The van der Waals surface area contributed by atoms with Crippen molar-refractivity contribution in [1.82, 2.24) is 5.06 Å². The van der Waals surface area contributed by atoms with Gasteiger partial charge >= 0.3 is 0 Å². The van der Waals surface area contributed by atoms with Crippen LogP contribution in [0.5, 0.6) is 0 Å². The molecule has 2 rings (SSSR count). The average molecular weight is 275 g/mol. The fourth-order valence-electron chi connectivity index (χ4n) is 2.59. The Morgan fingerprint density at radius 2 is 1.50 bits per heavy atom. The zero-order valence-corrected chi connectivity index (χ0v) is 12.1. The molecule has 0 aromatic heterocycles. The van der Waals surface area contributed by atoms with E-state index in [0.29, 0.717) is 23.7 Å². The zero-order valence-electron chi connectivity index (χ0n) is 12.1. The maximum atomic E-state index is 12.1.